The Bertz CT molecular complexity index is 1670. The molecule has 0 saturated carbocycles. The fourth-order valence-corrected chi connectivity index (χ4v) is 5.61. The van der Waals surface area contributed by atoms with Crippen LogP contribution in [0.1, 0.15) is 21.7 Å². The molecule has 0 unspecified atom stereocenters. The number of para-hydroxylation sites is 1. The van der Waals surface area contributed by atoms with Gasteiger partial charge in [-0.15, -0.1) is 10.2 Å². The summed E-state index contributed by atoms with van der Waals surface area (Å²) in [4.78, 5) is 29.8. The van der Waals surface area contributed by atoms with Gasteiger partial charge in [0.05, 0.1) is 39.3 Å². The van der Waals surface area contributed by atoms with Gasteiger partial charge in [-0.05, 0) is 42.5 Å². The molecule has 204 valence electrons. The predicted molar refractivity (Wildman–Crippen MR) is 148 cm³/mol. The molecule has 5 aromatic rings. The van der Waals surface area contributed by atoms with Crippen molar-refractivity contribution in [3.63, 3.8) is 0 Å². The van der Waals surface area contributed by atoms with Crippen molar-refractivity contribution in [2.24, 2.45) is 0 Å². The number of nitrogens with one attached hydrogen (secondary N) is 2. The molecule has 8 nitrogen and oxygen atoms in total. The lowest BCUT2D eigenvalue weighted by molar-refractivity contribution is -0.138. The van der Waals surface area contributed by atoms with Gasteiger partial charge in [0.2, 0.25) is 5.91 Å². The summed E-state index contributed by atoms with van der Waals surface area (Å²) >= 11 is 8.62. The zero-order valence-corrected chi connectivity index (χ0v) is 22.7. The number of carbonyl (C=O) groups excluding carboxylic acids is 2. The van der Waals surface area contributed by atoms with E-state index in [2.05, 4.69) is 25.8 Å². The van der Waals surface area contributed by atoms with Crippen molar-refractivity contribution in [1.29, 1.82) is 0 Å². The van der Waals surface area contributed by atoms with E-state index in [9.17, 15) is 22.8 Å². The van der Waals surface area contributed by atoms with Crippen molar-refractivity contribution in [1.82, 2.24) is 25.1 Å². The number of halogens is 4. The molecule has 0 saturated heterocycles. The van der Waals surface area contributed by atoms with E-state index in [-0.39, 0.29) is 24.0 Å². The van der Waals surface area contributed by atoms with Crippen LogP contribution in [0.5, 0.6) is 0 Å². The molecule has 2 heterocycles. The summed E-state index contributed by atoms with van der Waals surface area (Å²) in [6.45, 7) is -0.233. The quantitative estimate of drug-likeness (QED) is 0.205. The zero-order chi connectivity index (χ0) is 28.3. The largest absolute Gasteiger partial charge is 0.417 e. The third-order valence-electron chi connectivity index (χ3n) is 5.52. The standard InChI is InChI=1S/C26H18ClF3N6O2S2/c27-15-6-5-7-16(12-15)36-21(13-31-23(38)17-8-1-2-9-18(17)26(28,29)30)34-35-25(36)39-14-22(37)33-24-32-19-10-3-4-11-20(19)40-24/h1-12H,13-14H2,(H,31,38)(H,32,33,37). The van der Waals surface area contributed by atoms with Crippen LogP contribution in [-0.4, -0.2) is 37.3 Å². The Morgan fingerprint density at radius 3 is 2.55 bits per heavy atom. The van der Waals surface area contributed by atoms with Gasteiger partial charge >= 0.3 is 6.18 Å². The predicted octanol–water partition coefficient (Wildman–Crippen LogP) is 6.21. The summed E-state index contributed by atoms with van der Waals surface area (Å²) in [6, 6.07) is 18.8. The molecule has 0 spiro atoms. The van der Waals surface area contributed by atoms with E-state index < -0.39 is 23.2 Å². The first kappa shape index (κ1) is 27.6. The molecule has 0 aliphatic rings. The Morgan fingerprint density at radius 1 is 1.00 bits per heavy atom. The first-order valence-corrected chi connectivity index (χ1v) is 13.8. The molecule has 2 N–H and O–H groups in total. The van der Waals surface area contributed by atoms with E-state index in [4.69, 9.17) is 11.6 Å². The van der Waals surface area contributed by atoms with Gasteiger partial charge in [-0.3, -0.25) is 14.2 Å². The normalized spacial score (nSPS) is 11.5. The third kappa shape index (κ3) is 6.27. The van der Waals surface area contributed by atoms with Crippen molar-refractivity contribution in [3.8, 4) is 5.69 Å². The van der Waals surface area contributed by atoms with Crippen LogP contribution in [0.15, 0.2) is 78.0 Å². The number of rotatable bonds is 8. The minimum absolute atomic E-state index is 0.0278. The number of fused-ring (bicyclic) bond motifs is 1. The fraction of sp³-hybridized carbons (Fsp3) is 0.115. The number of nitrogens with zero attached hydrogens (tertiary/aromatic N) is 4. The highest BCUT2D eigenvalue weighted by atomic mass is 35.5. The van der Waals surface area contributed by atoms with Gasteiger partial charge in [0, 0.05) is 5.02 Å². The molecule has 0 bridgehead atoms. The highest BCUT2D eigenvalue weighted by molar-refractivity contribution is 7.99. The third-order valence-corrected chi connectivity index (χ3v) is 7.64. The van der Waals surface area contributed by atoms with E-state index in [1.807, 2.05) is 24.3 Å². The number of carbonyl (C=O) groups is 2. The number of hydrogen-bond donors (Lipinski definition) is 2. The van der Waals surface area contributed by atoms with Crippen molar-refractivity contribution in [3.05, 3.63) is 94.8 Å². The number of amides is 2. The molecule has 40 heavy (non-hydrogen) atoms. The molecule has 3 aromatic carbocycles. The fourth-order valence-electron chi connectivity index (χ4n) is 3.78. The smallest absolute Gasteiger partial charge is 0.345 e. The minimum Gasteiger partial charge on any atom is -0.345 e. The van der Waals surface area contributed by atoms with Gasteiger partial charge in [-0.1, -0.05) is 65.0 Å². The van der Waals surface area contributed by atoms with Crippen molar-refractivity contribution in [2.75, 3.05) is 11.1 Å². The number of thioether (sulfide) groups is 1. The molecule has 2 aromatic heterocycles. The minimum atomic E-state index is -4.69. The van der Waals surface area contributed by atoms with Gasteiger partial charge in [-0.2, -0.15) is 13.2 Å². The summed E-state index contributed by atoms with van der Waals surface area (Å²) in [5, 5.41) is 14.7. The second-order valence-electron chi connectivity index (χ2n) is 8.26. The van der Waals surface area contributed by atoms with Gasteiger partial charge in [-0.25, -0.2) is 4.98 Å². The van der Waals surface area contributed by atoms with E-state index in [1.54, 1.807) is 28.8 Å². The maximum absolute atomic E-state index is 13.4. The average molecular weight is 603 g/mol. The molecule has 0 fully saturated rings. The lowest BCUT2D eigenvalue weighted by Gasteiger charge is -2.13. The Labute approximate surface area is 238 Å². The molecule has 2 amide bonds. The average Bonchev–Trinajstić information content (AvgIpc) is 3.53. The van der Waals surface area contributed by atoms with E-state index >= 15 is 0 Å². The van der Waals surface area contributed by atoms with Crippen LogP contribution in [-0.2, 0) is 17.5 Å². The highest BCUT2D eigenvalue weighted by Crippen LogP contribution is 2.32. The lowest BCUT2D eigenvalue weighted by atomic mass is 10.1. The SMILES string of the molecule is O=C(CSc1nnc(CNC(=O)c2ccccc2C(F)(F)F)n1-c1cccc(Cl)c1)Nc1nc2ccccc2s1. The Hall–Kier alpha value is -3.94. The van der Waals surface area contributed by atoms with Crippen LogP contribution in [0.3, 0.4) is 0 Å². The number of anilines is 1. The van der Waals surface area contributed by atoms with E-state index in [0.29, 0.717) is 21.0 Å². The Balaban J connectivity index is 1.33. The molecule has 0 radical (unpaired) electrons. The highest BCUT2D eigenvalue weighted by Gasteiger charge is 2.34. The molecular formula is C26H18ClF3N6O2S2. The maximum atomic E-state index is 13.4. The lowest BCUT2D eigenvalue weighted by Crippen LogP contribution is -2.27. The molecule has 0 aliphatic carbocycles. The Morgan fingerprint density at radius 2 is 1.77 bits per heavy atom. The summed E-state index contributed by atoms with van der Waals surface area (Å²) < 4.78 is 42.7. The van der Waals surface area contributed by atoms with Crippen molar-refractivity contribution < 1.29 is 22.8 Å². The molecular weight excluding hydrogens is 585 g/mol. The second kappa shape index (κ2) is 11.7. The molecule has 14 heteroatoms. The topological polar surface area (TPSA) is 102 Å². The maximum Gasteiger partial charge on any atom is 0.417 e. The van der Waals surface area contributed by atoms with Gasteiger partial charge in [0.15, 0.2) is 16.1 Å². The first-order chi connectivity index (χ1) is 19.2. The van der Waals surface area contributed by atoms with E-state index in [0.717, 1.165) is 34.1 Å². The van der Waals surface area contributed by atoms with Crippen molar-refractivity contribution >= 4 is 61.9 Å². The molecule has 5 rings (SSSR count). The molecule has 0 aliphatic heterocycles. The van der Waals surface area contributed by atoms with Crippen LogP contribution >= 0.6 is 34.7 Å². The van der Waals surface area contributed by atoms with Gasteiger partial charge < -0.3 is 10.6 Å². The monoisotopic (exact) mass is 602 g/mol. The van der Waals surface area contributed by atoms with E-state index in [1.165, 1.54) is 23.5 Å². The van der Waals surface area contributed by atoms with Crippen LogP contribution in [0.4, 0.5) is 18.3 Å². The number of hydrogen-bond acceptors (Lipinski definition) is 7. The van der Waals surface area contributed by atoms with Gasteiger partial charge in [0.1, 0.15) is 0 Å². The molecule has 0 atom stereocenters. The Kier molecular flexibility index (Phi) is 8.05. The zero-order valence-electron chi connectivity index (χ0n) is 20.3. The van der Waals surface area contributed by atoms with Gasteiger partial charge in [0.25, 0.3) is 5.91 Å². The summed E-state index contributed by atoms with van der Waals surface area (Å²) in [5.41, 5.74) is -0.226. The summed E-state index contributed by atoms with van der Waals surface area (Å²) in [7, 11) is 0. The number of thiazole rings is 1. The first-order valence-electron chi connectivity index (χ1n) is 11.6. The summed E-state index contributed by atoms with van der Waals surface area (Å²) in [5.74, 6) is -1.03. The number of aromatic nitrogens is 4. The van der Waals surface area contributed by atoms with Crippen LogP contribution < -0.4 is 10.6 Å². The number of benzene rings is 3. The van der Waals surface area contributed by atoms with Crippen LogP contribution in [0.2, 0.25) is 5.02 Å². The van der Waals surface area contributed by atoms with Crippen molar-refractivity contribution in [2.45, 2.75) is 17.9 Å². The number of alkyl halides is 3. The second-order valence-corrected chi connectivity index (χ2v) is 10.7. The summed E-state index contributed by atoms with van der Waals surface area (Å²) in [6.07, 6.45) is -4.69. The van der Waals surface area contributed by atoms with Crippen LogP contribution in [0, 0.1) is 0 Å². The van der Waals surface area contributed by atoms with Crippen LogP contribution in [0.25, 0.3) is 15.9 Å².